The molecule has 1 aliphatic rings. The van der Waals surface area contributed by atoms with Crippen LogP contribution >= 0.6 is 23.2 Å². The average Bonchev–Trinajstić information content (AvgIpc) is 2.42. The molecule has 19 heavy (non-hydrogen) atoms. The standard InChI is InChI=1S/C13H20Cl2N4/c1-2-6-16-12-10(14)9-11(15)13(17-12)18-19-7-4-3-5-8-19/h9H,2-8H2,1H3,(H2,16,17,18). The number of hydrogen-bond acceptors (Lipinski definition) is 4. The molecule has 0 atom stereocenters. The van der Waals surface area contributed by atoms with Gasteiger partial charge in [-0.15, -0.1) is 0 Å². The Morgan fingerprint density at radius 1 is 1.16 bits per heavy atom. The topological polar surface area (TPSA) is 40.2 Å². The van der Waals surface area contributed by atoms with Crippen LogP contribution in [0.3, 0.4) is 0 Å². The van der Waals surface area contributed by atoms with Crippen LogP contribution in [0, 0.1) is 0 Å². The molecule has 1 saturated heterocycles. The number of halogens is 2. The fraction of sp³-hybridized carbons (Fsp3) is 0.615. The first-order chi connectivity index (χ1) is 9.20. The summed E-state index contributed by atoms with van der Waals surface area (Å²) in [5.74, 6) is 1.36. The molecule has 0 bridgehead atoms. The molecule has 2 heterocycles. The average molecular weight is 303 g/mol. The van der Waals surface area contributed by atoms with Gasteiger partial charge >= 0.3 is 0 Å². The van der Waals surface area contributed by atoms with Crippen LogP contribution in [0.25, 0.3) is 0 Å². The number of rotatable bonds is 5. The monoisotopic (exact) mass is 302 g/mol. The quantitative estimate of drug-likeness (QED) is 0.862. The van der Waals surface area contributed by atoms with E-state index in [2.05, 4.69) is 27.7 Å². The maximum absolute atomic E-state index is 6.19. The van der Waals surface area contributed by atoms with Crippen molar-refractivity contribution in [2.75, 3.05) is 30.4 Å². The summed E-state index contributed by atoms with van der Waals surface area (Å²) in [6, 6.07) is 1.74. The van der Waals surface area contributed by atoms with E-state index in [0.29, 0.717) is 21.7 Å². The van der Waals surface area contributed by atoms with Gasteiger partial charge in [0.15, 0.2) is 5.82 Å². The summed E-state index contributed by atoms with van der Waals surface area (Å²) in [5, 5.41) is 6.48. The van der Waals surface area contributed by atoms with E-state index in [9.17, 15) is 0 Å². The van der Waals surface area contributed by atoms with Crippen molar-refractivity contribution < 1.29 is 0 Å². The van der Waals surface area contributed by atoms with Crippen LogP contribution in [0.1, 0.15) is 32.6 Å². The Bertz CT molecular complexity index is 419. The van der Waals surface area contributed by atoms with E-state index in [1.807, 2.05) is 0 Å². The van der Waals surface area contributed by atoms with Crippen molar-refractivity contribution in [3.8, 4) is 0 Å². The minimum atomic E-state index is 0.553. The van der Waals surface area contributed by atoms with E-state index in [1.54, 1.807) is 6.07 Å². The first kappa shape index (κ1) is 14.7. The molecule has 1 aromatic rings. The van der Waals surface area contributed by atoms with Gasteiger partial charge in [-0.05, 0) is 25.3 Å². The number of nitrogens with zero attached hydrogens (tertiary/aromatic N) is 2. The first-order valence-corrected chi connectivity index (χ1v) is 7.58. The predicted molar refractivity (Wildman–Crippen MR) is 82.1 cm³/mol. The molecule has 0 unspecified atom stereocenters. The molecule has 0 saturated carbocycles. The molecule has 1 aromatic heterocycles. The molecular formula is C13H20Cl2N4. The van der Waals surface area contributed by atoms with Crippen molar-refractivity contribution in [3.05, 3.63) is 16.1 Å². The number of hydrogen-bond donors (Lipinski definition) is 2. The van der Waals surface area contributed by atoms with Crippen LogP contribution in [0.2, 0.25) is 10.0 Å². The minimum Gasteiger partial charge on any atom is -0.369 e. The van der Waals surface area contributed by atoms with Gasteiger partial charge in [0.05, 0.1) is 10.0 Å². The zero-order valence-electron chi connectivity index (χ0n) is 11.2. The molecule has 0 aliphatic carbocycles. The number of aromatic nitrogens is 1. The largest absolute Gasteiger partial charge is 0.369 e. The summed E-state index contributed by atoms with van der Waals surface area (Å²) < 4.78 is 0. The van der Waals surface area contributed by atoms with E-state index in [4.69, 9.17) is 23.2 Å². The number of hydrazine groups is 1. The molecule has 0 amide bonds. The molecule has 6 heteroatoms. The van der Waals surface area contributed by atoms with Crippen molar-refractivity contribution >= 4 is 34.8 Å². The van der Waals surface area contributed by atoms with E-state index >= 15 is 0 Å². The Morgan fingerprint density at radius 3 is 2.53 bits per heavy atom. The molecule has 0 spiro atoms. The number of anilines is 2. The Labute approximate surface area is 124 Å². The summed E-state index contributed by atoms with van der Waals surface area (Å²) in [4.78, 5) is 4.48. The van der Waals surface area contributed by atoms with Gasteiger partial charge < -0.3 is 10.7 Å². The SMILES string of the molecule is CCCNc1nc(NN2CCCCC2)c(Cl)cc1Cl. The highest BCUT2D eigenvalue weighted by Gasteiger charge is 2.14. The Balaban J connectivity index is 2.09. The summed E-state index contributed by atoms with van der Waals surface area (Å²) in [5.41, 5.74) is 3.28. The maximum Gasteiger partial charge on any atom is 0.161 e. The normalized spacial score (nSPS) is 16.4. The Hall–Kier alpha value is -0.710. The second-order valence-corrected chi connectivity index (χ2v) is 5.55. The highest BCUT2D eigenvalue weighted by atomic mass is 35.5. The van der Waals surface area contributed by atoms with Crippen LogP contribution in [0.4, 0.5) is 11.6 Å². The lowest BCUT2D eigenvalue weighted by atomic mass is 10.2. The lowest BCUT2D eigenvalue weighted by Gasteiger charge is -2.28. The third-order valence-corrected chi connectivity index (χ3v) is 3.67. The van der Waals surface area contributed by atoms with Crippen LogP contribution in [-0.4, -0.2) is 29.6 Å². The summed E-state index contributed by atoms with van der Waals surface area (Å²) in [6.45, 7) is 5.00. The van der Waals surface area contributed by atoms with Crippen LogP contribution in [0.5, 0.6) is 0 Å². The summed E-state index contributed by atoms with van der Waals surface area (Å²) >= 11 is 12.3. The van der Waals surface area contributed by atoms with Gasteiger partial charge in [-0.3, -0.25) is 0 Å². The van der Waals surface area contributed by atoms with Crippen LogP contribution in [0.15, 0.2) is 6.07 Å². The smallest absolute Gasteiger partial charge is 0.161 e. The Kier molecular flexibility index (Phi) is 5.55. The minimum absolute atomic E-state index is 0.553. The lowest BCUT2D eigenvalue weighted by molar-refractivity contribution is 0.272. The van der Waals surface area contributed by atoms with Crippen molar-refractivity contribution in [1.82, 2.24) is 9.99 Å². The van der Waals surface area contributed by atoms with Gasteiger partial charge in [0.25, 0.3) is 0 Å². The highest BCUT2D eigenvalue weighted by Crippen LogP contribution is 2.29. The first-order valence-electron chi connectivity index (χ1n) is 6.82. The Morgan fingerprint density at radius 2 is 1.84 bits per heavy atom. The van der Waals surface area contributed by atoms with E-state index in [0.717, 1.165) is 26.1 Å². The summed E-state index contributed by atoms with van der Waals surface area (Å²) in [6.07, 6.45) is 4.73. The second-order valence-electron chi connectivity index (χ2n) is 4.74. The third-order valence-electron chi connectivity index (χ3n) is 3.09. The zero-order valence-corrected chi connectivity index (χ0v) is 12.7. The molecule has 2 rings (SSSR count). The number of pyridine rings is 1. The van der Waals surface area contributed by atoms with Gasteiger partial charge in [0, 0.05) is 19.6 Å². The second kappa shape index (κ2) is 7.17. The van der Waals surface area contributed by atoms with Gasteiger partial charge in [0.1, 0.15) is 5.82 Å². The molecule has 2 N–H and O–H groups in total. The summed E-state index contributed by atoms with van der Waals surface area (Å²) in [7, 11) is 0. The number of piperidine rings is 1. The van der Waals surface area contributed by atoms with Gasteiger partial charge in [0.2, 0.25) is 0 Å². The zero-order chi connectivity index (χ0) is 13.7. The van der Waals surface area contributed by atoms with Crippen molar-refractivity contribution in [1.29, 1.82) is 0 Å². The lowest BCUT2D eigenvalue weighted by Crippen LogP contribution is -2.35. The molecule has 1 aliphatic heterocycles. The third kappa shape index (κ3) is 4.13. The highest BCUT2D eigenvalue weighted by molar-refractivity contribution is 6.37. The fourth-order valence-electron chi connectivity index (χ4n) is 2.07. The molecule has 1 fully saturated rings. The van der Waals surface area contributed by atoms with Gasteiger partial charge in [-0.1, -0.05) is 36.5 Å². The van der Waals surface area contributed by atoms with Crippen LogP contribution < -0.4 is 10.7 Å². The maximum atomic E-state index is 6.19. The van der Waals surface area contributed by atoms with E-state index in [1.165, 1.54) is 19.3 Å². The van der Waals surface area contributed by atoms with Gasteiger partial charge in [-0.2, -0.15) is 0 Å². The number of nitrogens with one attached hydrogen (secondary N) is 2. The van der Waals surface area contributed by atoms with E-state index in [-0.39, 0.29) is 0 Å². The molecule has 4 nitrogen and oxygen atoms in total. The predicted octanol–water partition coefficient (Wildman–Crippen LogP) is 4.02. The van der Waals surface area contributed by atoms with Crippen molar-refractivity contribution in [2.24, 2.45) is 0 Å². The molecule has 106 valence electrons. The molecular weight excluding hydrogens is 283 g/mol. The van der Waals surface area contributed by atoms with Crippen molar-refractivity contribution in [2.45, 2.75) is 32.6 Å². The van der Waals surface area contributed by atoms with Crippen molar-refractivity contribution in [3.63, 3.8) is 0 Å². The molecule has 0 radical (unpaired) electrons. The van der Waals surface area contributed by atoms with E-state index < -0.39 is 0 Å². The fourth-order valence-corrected chi connectivity index (χ4v) is 2.54. The molecule has 0 aromatic carbocycles. The van der Waals surface area contributed by atoms with Gasteiger partial charge in [-0.25, -0.2) is 9.99 Å². The van der Waals surface area contributed by atoms with Crippen LogP contribution in [-0.2, 0) is 0 Å².